The highest BCUT2D eigenvalue weighted by molar-refractivity contribution is 6.31. The molecule has 2 amide bonds. The zero-order valence-electron chi connectivity index (χ0n) is 20.7. The predicted molar refractivity (Wildman–Crippen MR) is 136 cm³/mol. The highest BCUT2D eigenvalue weighted by Gasteiger charge is 2.18. The van der Waals surface area contributed by atoms with Crippen molar-refractivity contribution >= 4 is 46.2 Å². The summed E-state index contributed by atoms with van der Waals surface area (Å²) in [6.07, 6.45) is -0.417. The van der Waals surface area contributed by atoms with Gasteiger partial charge in [-0.2, -0.15) is 0 Å². The number of pyridine rings is 1. The van der Waals surface area contributed by atoms with Gasteiger partial charge in [0.15, 0.2) is 0 Å². The van der Waals surface area contributed by atoms with Gasteiger partial charge in [-0.15, -0.1) is 0 Å². The molecule has 3 rings (SSSR count). The number of aromatic nitrogens is 1. The number of nitrogens with zero attached hydrogens (tertiary/aromatic N) is 1. The number of hydrogen-bond donors (Lipinski definition) is 2. The quantitative estimate of drug-likeness (QED) is 0.432. The van der Waals surface area contributed by atoms with Crippen LogP contribution in [0, 0.1) is 0 Å². The number of nitrogens with one attached hydrogen (secondary N) is 2. The van der Waals surface area contributed by atoms with Crippen molar-refractivity contribution in [3.05, 3.63) is 64.2 Å². The molecule has 190 valence electrons. The lowest BCUT2D eigenvalue weighted by Gasteiger charge is -2.19. The van der Waals surface area contributed by atoms with Gasteiger partial charge in [-0.05, 0) is 62.2 Å². The summed E-state index contributed by atoms with van der Waals surface area (Å²) in [6.45, 7) is 5.52. The highest BCUT2D eigenvalue weighted by Crippen LogP contribution is 2.28. The fourth-order valence-electron chi connectivity index (χ4n) is 3.42. The summed E-state index contributed by atoms with van der Waals surface area (Å²) in [5, 5.41) is 6.56. The minimum atomic E-state index is -0.597. The van der Waals surface area contributed by atoms with E-state index < -0.39 is 17.7 Å². The van der Waals surface area contributed by atoms with Gasteiger partial charge in [0.05, 0.1) is 26.2 Å². The van der Waals surface area contributed by atoms with Crippen LogP contribution in [0.4, 0.5) is 10.5 Å². The second-order valence-corrected chi connectivity index (χ2v) is 9.39. The number of halogens is 1. The number of amides is 2. The molecule has 0 spiro atoms. The molecular formula is C26H28ClN3O6. The highest BCUT2D eigenvalue weighted by atomic mass is 35.5. The average Bonchev–Trinajstić information content (AvgIpc) is 2.81. The lowest BCUT2D eigenvalue weighted by Crippen LogP contribution is -2.27. The third-order valence-electron chi connectivity index (χ3n) is 4.97. The summed E-state index contributed by atoms with van der Waals surface area (Å²) in [7, 11) is 2.68. The maximum absolute atomic E-state index is 12.6. The Bertz CT molecular complexity index is 1290. The molecule has 36 heavy (non-hydrogen) atoms. The normalized spacial score (nSPS) is 11.1. The Morgan fingerprint density at radius 3 is 2.33 bits per heavy atom. The summed E-state index contributed by atoms with van der Waals surface area (Å²) in [6, 6.07) is 11.9. The summed E-state index contributed by atoms with van der Waals surface area (Å²) in [4.78, 5) is 41.0. The number of carbonyl (C=O) groups excluding carboxylic acids is 3. The molecule has 0 aliphatic carbocycles. The van der Waals surface area contributed by atoms with Crippen molar-refractivity contribution in [3.63, 3.8) is 0 Å². The maximum Gasteiger partial charge on any atom is 0.412 e. The molecule has 0 atom stereocenters. The van der Waals surface area contributed by atoms with Crippen LogP contribution in [0.3, 0.4) is 0 Å². The van der Waals surface area contributed by atoms with Crippen molar-refractivity contribution in [2.24, 2.45) is 0 Å². The molecule has 0 aliphatic heterocycles. The SMILES string of the molecule is COC(=O)c1cc2cc(Cl)cc(CNC(=O)Cc3ccc(NC(=O)OC(C)(C)C)cc3)c2nc1OC. The van der Waals surface area contributed by atoms with Crippen molar-refractivity contribution in [1.82, 2.24) is 10.3 Å². The first-order chi connectivity index (χ1) is 17.0. The number of ether oxygens (including phenoxy) is 3. The van der Waals surface area contributed by atoms with E-state index in [9.17, 15) is 14.4 Å². The molecule has 0 bridgehead atoms. The van der Waals surface area contributed by atoms with Crippen LogP contribution in [0.2, 0.25) is 5.02 Å². The van der Waals surface area contributed by atoms with Gasteiger partial charge >= 0.3 is 12.1 Å². The molecule has 0 unspecified atom stereocenters. The first-order valence-electron chi connectivity index (χ1n) is 11.1. The fourth-order valence-corrected chi connectivity index (χ4v) is 3.67. The molecule has 2 aromatic carbocycles. The Morgan fingerprint density at radius 1 is 1.03 bits per heavy atom. The molecule has 0 saturated heterocycles. The van der Waals surface area contributed by atoms with Gasteiger partial charge in [0.1, 0.15) is 11.2 Å². The number of fused-ring (bicyclic) bond motifs is 1. The molecule has 1 aromatic heterocycles. The van der Waals surface area contributed by atoms with E-state index in [0.29, 0.717) is 27.2 Å². The van der Waals surface area contributed by atoms with Crippen LogP contribution in [0.5, 0.6) is 5.88 Å². The topological polar surface area (TPSA) is 116 Å². The van der Waals surface area contributed by atoms with Crippen LogP contribution in [-0.4, -0.2) is 42.8 Å². The monoisotopic (exact) mass is 513 g/mol. The van der Waals surface area contributed by atoms with E-state index >= 15 is 0 Å². The fraction of sp³-hybridized carbons (Fsp3) is 0.308. The van der Waals surface area contributed by atoms with Gasteiger partial charge < -0.3 is 19.5 Å². The third-order valence-corrected chi connectivity index (χ3v) is 5.18. The van der Waals surface area contributed by atoms with E-state index in [1.165, 1.54) is 14.2 Å². The Labute approximate surface area is 214 Å². The second kappa shape index (κ2) is 11.3. The molecule has 1 heterocycles. The minimum Gasteiger partial charge on any atom is -0.480 e. The zero-order valence-corrected chi connectivity index (χ0v) is 21.5. The van der Waals surface area contributed by atoms with E-state index in [2.05, 4.69) is 15.6 Å². The minimum absolute atomic E-state index is 0.115. The standard InChI is InChI=1S/C26H28ClN3O6/c1-26(2,3)36-25(33)29-19-8-6-15(7-9-19)10-21(31)28-14-17-12-18(27)11-16-13-20(24(32)35-5)23(34-4)30-22(16)17/h6-9,11-13H,10,14H2,1-5H3,(H,28,31)(H,29,33). The Hall–Kier alpha value is -3.85. The molecule has 0 saturated carbocycles. The Kier molecular flexibility index (Phi) is 8.37. The molecule has 9 nitrogen and oxygen atoms in total. The number of benzene rings is 2. The maximum atomic E-state index is 12.6. The van der Waals surface area contributed by atoms with Gasteiger partial charge in [-0.1, -0.05) is 23.7 Å². The Morgan fingerprint density at radius 2 is 1.72 bits per heavy atom. The van der Waals surface area contributed by atoms with Gasteiger partial charge in [0.2, 0.25) is 11.8 Å². The summed E-state index contributed by atoms with van der Waals surface area (Å²) >= 11 is 6.27. The first-order valence-corrected chi connectivity index (χ1v) is 11.5. The number of rotatable bonds is 7. The summed E-state index contributed by atoms with van der Waals surface area (Å²) in [5.41, 5.74) is 2.11. The number of carbonyl (C=O) groups is 3. The van der Waals surface area contributed by atoms with E-state index in [0.717, 1.165) is 5.56 Å². The van der Waals surface area contributed by atoms with Crippen molar-refractivity contribution in [1.29, 1.82) is 0 Å². The van der Waals surface area contributed by atoms with Crippen LogP contribution in [0.15, 0.2) is 42.5 Å². The number of esters is 1. The second-order valence-electron chi connectivity index (χ2n) is 8.95. The molecular weight excluding hydrogens is 486 g/mol. The van der Waals surface area contributed by atoms with Crippen molar-refractivity contribution < 1.29 is 28.6 Å². The summed E-state index contributed by atoms with van der Waals surface area (Å²) in [5.74, 6) is -0.679. The van der Waals surface area contributed by atoms with E-state index in [1.807, 2.05) is 0 Å². The van der Waals surface area contributed by atoms with Crippen molar-refractivity contribution in [2.75, 3.05) is 19.5 Å². The number of anilines is 1. The van der Waals surface area contributed by atoms with Crippen molar-refractivity contribution in [3.8, 4) is 5.88 Å². The molecule has 3 aromatic rings. The lowest BCUT2D eigenvalue weighted by atomic mass is 10.1. The van der Waals surface area contributed by atoms with Crippen LogP contribution in [0.25, 0.3) is 10.9 Å². The van der Waals surface area contributed by atoms with Crippen molar-refractivity contribution in [2.45, 2.75) is 39.3 Å². The van der Waals surface area contributed by atoms with Gasteiger partial charge in [-0.3, -0.25) is 10.1 Å². The van der Waals surface area contributed by atoms with E-state index in [1.54, 1.807) is 63.2 Å². The number of methoxy groups -OCH3 is 2. The Balaban J connectivity index is 1.68. The average molecular weight is 514 g/mol. The largest absolute Gasteiger partial charge is 0.480 e. The molecule has 10 heteroatoms. The van der Waals surface area contributed by atoms with Crippen LogP contribution in [-0.2, 0) is 27.2 Å². The molecule has 0 aliphatic rings. The third kappa shape index (κ3) is 7.08. The zero-order chi connectivity index (χ0) is 26.5. The van der Waals surface area contributed by atoms with Gasteiger partial charge in [0.25, 0.3) is 0 Å². The lowest BCUT2D eigenvalue weighted by molar-refractivity contribution is -0.120. The van der Waals surface area contributed by atoms with E-state index in [4.69, 9.17) is 25.8 Å². The van der Waals surface area contributed by atoms with Gasteiger partial charge in [0, 0.05) is 22.6 Å². The first kappa shape index (κ1) is 26.7. The van der Waals surface area contributed by atoms with E-state index in [-0.39, 0.29) is 30.3 Å². The molecule has 2 N–H and O–H groups in total. The van der Waals surface area contributed by atoms with Crippen LogP contribution < -0.4 is 15.4 Å². The summed E-state index contributed by atoms with van der Waals surface area (Å²) < 4.78 is 15.3. The molecule has 0 fully saturated rings. The molecule has 0 radical (unpaired) electrons. The van der Waals surface area contributed by atoms with Crippen LogP contribution >= 0.6 is 11.6 Å². The number of hydrogen-bond acceptors (Lipinski definition) is 7. The smallest absolute Gasteiger partial charge is 0.412 e. The predicted octanol–water partition coefficient (Wildman–Crippen LogP) is 4.89. The van der Waals surface area contributed by atoms with Gasteiger partial charge in [-0.25, -0.2) is 14.6 Å². The van der Waals surface area contributed by atoms with Crippen LogP contribution in [0.1, 0.15) is 42.3 Å².